The maximum Gasteiger partial charge on any atom is 0.326 e. The lowest BCUT2D eigenvalue weighted by molar-refractivity contribution is -0.140. The molecule has 0 spiro atoms. The molecule has 3 atom stereocenters. The second-order valence-electron chi connectivity index (χ2n) is 11.3. The molecule has 0 saturated carbocycles. The maximum atomic E-state index is 15.5. The van der Waals surface area contributed by atoms with E-state index in [9.17, 15) is 19.5 Å². The van der Waals surface area contributed by atoms with Gasteiger partial charge in [-0.1, -0.05) is 30.3 Å². The van der Waals surface area contributed by atoms with Crippen molar-refractivity contribution in [2.24, 2.45) is 5.92 Å². The van der Waals surface area contributed by atoms with Gasteiger partial charge in [-0.15, -0.1) is 0 Å². The summed E-state index contributed by atoms with van der Waals surface area (Å²) in [5.41, 5.74) is 5.84. The Kier molecular flexibility index (Phi) is 9.00. The molecule has 0 aliphatic carbocycles. The quantitative estimate of drug-likeness (QED) is 0.336. The summed E-state index contributed by atoms with van der Waals surface area (Å²) in [6.45, 7) is 4.62. The topological polar surface area (TPSA) is 120 Å². The molecule has 2 fully saturated rings. The second kappa shape index (κ2) is 12.7. The first-order valence-corrected chi connectivity index (χ1v) is 14.4. The van der Waals surface area contributed by atoms with Gasteiger partial charge in [0.1, 0.15) is 17.5 Å². The summed E-state index contributed by atoms with van der Waals surface area (Å²) in [7, 11) is 4.42. The van der Waals surface area contributed by atoms with Crippen molar-refractivity contribution in [3.05, 3.63) is 71.0 Å². The summed E-state index contributed by atoms with van der Waals surface area (Å²) >= 11 is 0. The average molecular weight is 605 g/mol. The lowest BCUT2D eigenvalue weighted by Gasteiger charge is -2.33. The summed E-state index contributed by atoms with van der Waals surface area (Å²) in [6.07, 6.45) is -0.646. The van der Waals surface area contributed by atoms with Gasteiger partial charge in [0.05, 0.1) is 32.5 Å². The molecule has 4 amide bonds. The number of rotatable bonds is 8. The van der Waals surface area contributed by atoms with E-state index in [1.807, 2.05) is 44.2 Å². The Labute approximate surface area is 255 Å². The minimum Gasteiger partial charge on any atom is -0.496 e. The predicted molar refractivity (Wildman–Crippen MR) is 164 cm³/mol. The monoisotopic (exact) mass is 604 g/mol. The molecule has 11 heteroatoms. The normalized spacial score (nSPS) is 20.3. The largest absolute Gasteiger partial charge is 0.496 e. The van der Waals surface area contributed by atoms with Crippen LogP contribution in [-0.2, 0) is 20.9 Å². The number of hydrogen-bond acceptors (Lipinski definition) is 7. The van der Waals surface area contributed by atoms with Crippen LogP contribution in [0.15, 0.2) is 48.5 Å². The third kappa shape index (κ3) is 5.90. The van der Waals surface area contributed by atoms with Crippen molar-refractivity contribution in [2.75, 3.05) is 46.3 Å². The number of carbonyl (C=O) groups excluding carboxylic acids is 3. The molecular formula is C33H37FN4O6. The summed E-state index contributed by atoms with van der Waals surface area (Å²) in [6, 6.07) is 13.9. The van der Waals surface area contributed by atoms with E-state index >= 15 is 4.39 Å². The lowest BCUT2D eigenvalue weighted by atomic mass is 9.90. The summed E-state index contributed by atoms with van der Waals surface area (Å²) in [5.74, 6) is -2.09. The highest BCUT2D eigenvalue weighted by molar-refractivity contribution is 6.12. The van der Waals surface area contributed by atoms with Crippen LogP contribution in [0.1, 0.15) is 16.7 Å². The van der Waals surface area contributed by atoms with E-state index < -0.39 is 35.7 Å². The van der Waals surface area contributed by atoms with Crippen LogP contribution in [0.25, 0.3) is 22.3 Å². The van der Waals surface area contributed by atoms with Crippen molar-refractivity contribution in [1.82, 2.24) is 15.1 Å². The highest BCUT2D eigenvalue weighted by atomic mass is 19.1. The van der Waals surface area contributed by atoms with Gasteiger partial charge in [0, 0.05) is 38.4 Å². The summed E-state index contributed by atoms with van der Waals surface area (Å²) < 4.78 is 26.3. The van der Waals surface area contributed by atoms with E-state index in [0.29, 0.717) is 29.2 Å². The fourth-order valence-electron chi connectivity index (χ4n) is 5.82. The number of hydrogen-bond donors (Lipinski definition) is 3. The number of ether oxygens (including phenoxy) is 2. The second-order valence-corrected chi connectivity index (χ2v) is 11.3. The van der Waals surface area contributed by atoms with Crippen molar-refractivity contribution < 1.29 is 33.4 Å². The van der Waals surface area contributed by atoms with Gasteiger partial charge in [-0.2, -0.15) is 0 Å². The number of urea groups is 1. The Morgan fingerprint density at radius 3 is 2.41 bits per heavy atom. The Morgan fingerprint density at radius 2 is 1.73 bits per heavy atom. The van der Waals surface area contributed by atoms with E-state index in [4.69, 9.17) is 9.47 Å². The molecule has 10 nitrogen and oxygen atoms in total. The molecule has 0 radical (unpaired) electrons. The maximum absolute atomic E-state index is 15.5. The van der Waals surface area contributed by atoms with E-state index in [1.165, 1.54) is 25.1 Å². The highest BCUT2D eigenvalue weighted by Crippen LogP contribution is 2.38. The number of aliphatic hydroxyl groups is 1. The molecular weight excluding hydrogens is 567 g/mol. The van der Waals surface area contributed by atoms with Gasteiger partial charge in [0.25, 0.3) is 0 Å². The highest BCUT2D eigenvalue weighted by Gasteiger charge is 2.39. The Morgan fingerprint density at radius 1 is 1.05 bits per heavy atom. The number of anilines is 1. The van der Waals surface area contributed by atoms with Crippen LogP contribution in [0.5, 0.6) is 5.75 Å². The molecule has 3 N–H and O–H groups in total. The third-order valence-corrected chi connectivity index (χ3v) is 8.51. The van der Waals surface area contributed by atoms with Crippen molar-refractivity contribution in [3.8, 4) is 28.0 Å². The first-order valence-electron chi connectivity index (χ1n) is 14.4. The van der Waals surface area contributed by atoms with Crippen LogP contribution < -0.4 is 15.4 Å². The molecule has 3 aromatic rings. The van der Waals surface area contributed by atoms with Gasteiger partial charge in [0.2, 0.25) is 11.8 Å². The van der Waals surface area contributed by atoms with Crippen LogP contribution in [0.2, 0.25) is 0 Å². The van der Waals surface area contributed by atoms with E-state index in [2.05, 4.69) is 10.6 Å². The first-order chi connectivity index (χ1) is 21.0. The Balaban J connectivity index is 1.42. The van der Waals surface area contributed by atoms with Crippen LogP contribution >= 0.6 is 0 Å². The molecule has 2 saturated heterocycles. The predicted octanol–water partition coefficient (Wildman–Crippen LogP) is 3.71. The number of aliphatic hydroxyl groups excluding tert-OH is 1. The number of amides is 4. The number of halogens is 1. The zero-order valence-corrected chi connectivity index (χ0v) is 25.4. The van der Waals surface area contributed by atoms with Gasteiger partial charge >= 0.3 is 6.03 Å². The van der Waals surface area contributed by atoms with Crippen LogP contribution in [0.3, 0.4) is 0 Å². The smallest absolute Gasteiger partial charge is 0.326 e. The van der Waals surface area contributed by atoms with Crippen molar-refractivity contribution >= 4 is 23.5 Å². The molecule has 2 heterocycles. The minimum atomic E-state index is -1.02. The summed E-state index contributed by atoms with van der Waals surface area (Å²) in [4.78, 5) is 40.2. The number of carbonyl (C=O) groups is 3. The Bertz CT molecular complexity index is 1610. The van der Waals surface area contributed by atoms with Crippen LogP contribution in [0.4, 0.5) is 14.9 Å². The number of nitrogens with zero attached hydrogens (tertiary/aromatic N) is 2. The van der Waals surface area contributed by atoms with Gasteiger partial charge < -0.3 is 30.1 Å². The van der Waals surface area contributed by atoms with Gasteiger partial charge in [-0.05, 0) is 65.4 Å². The standard InChI is InChI=1S/C33H37FN4O6/c1-18-21(20-12-26(34)24(30(13-20)43-5)14-35-28-16-44-17-29(28)39)8-6-9-22(18)23-10-7-11-27(19(23)2)36-31(40)25-15-37(3)33(42)38(4)32(25)41/h6-13,25,28-29,35,39H,14-17H2,1-5H3,(H,36,40)/t25?,28-,29-/m0/s1. The molecule has 2 aliphatic rings. The van der Waals surface area contributed by atoms with Gasteiger partial charge in [0.15, 0.2) is 0 Å². The molecule has 0 aromatic heterocycles. The average Bonchev–Trinajstić information content (AvgIpc) is 3.42. The zero-order valence-electron chi connectivity index (χ0n) is 25.4. The molecule has 2 aliphatic heterocycles. The van der Waals surface area contributed by atoms with E-state index in [1.54, 1.807) is 19.2 Å². The molecule has 3 aromatic carbocycles. The van der Waals surface area contributed by atoms with Crippen LogP contribution in [0, 0.1) is 25.6 Å². The zero-order chi connectivity index (χ0) is 31.7. The van der Waals surface area contributed by atoms with Gasteiger partial charge in [-0.25, -0.2) is 9.18 Å². The lowest BCUT2D eigenvalue weighted by Crippen LogP contribution is -2.56. The molecule has 44 heavy (non-hydrogen) atoms. The molecule has 0 bridgehead atoms. The van der Waals surface area contributed by atoms with Crippen molar-refractivity contribution in [1.29, 1.82) is 0 Å². The molecule has 5 rings (SSSR count). The molecule has 232 valence electrons. The SMILES string of the molecule is COc1cc(-c2cccc(-c3cccc(NC(=O)C4CN(C)C(=O)N(C)C4=O)c3C)c2C)cc(F)c1CN[C@H]1COC[C@@H]1O. The van der Waals surface area contributed by atoms with Crippen LogP contribution in [-0.4, -0.2) is 85.9 Å². The van der Waals surface area contributed by atoms with E-state index in [0.717, 1.165) is 32.7 Å². The fraction of sp³-hybridized carbons (Fsp3) is 0.364. The Hall–Kier alpha value is -4.32. The van der Waals surface area contributed by atoms with E-state index in [-0.39, 0.29) is 25.7 Å². The van der Waals surface area contributed by atoms with Gasteiger partial charge in [-0.3, -0.25) is 14.5 Å². The first kappa shape index (κ1) is 31.1. The third-order valence-electron chi connectivity index (χ3n) is 8.51. The number of imide groups is 1. The van der Waals surface area contributed by atoms with Crippen molar-refractivity contribution in [3.63, 3.8) is 0 Å². The minimum absolute atomic E-state index is 0.000440. The number of nitrogens with one attached hydrogen (secondary N) is 2. The number of methoxy groups -OCH3 is 1. The molecule has 1 unspecified atom stereocenters. The summed E-state index contributed by atoms with van der Waals surface area (Å²) in [5, 5.41) is 16.1. The fourth-order valence-corrected chi connectivity index (χ4v) is 5.82. The number of benzene rings is 3. The van der Waals surface area contributed by atoms with Crippen molar-refractivity contribution in [2.45, 2.75) is 32.5 Å².